The molecule has 0 aliphatic heterocycles. The van der Waals surface area contributed by atoms with Gasteiger partial charge in [-0.25, -0.2) is 0 Å². The van der Waals surface area contributed by atoms with Gasteiger partial charge in [-0.15, -0.1) is 0 Å². The highest BCUT2D eigenvalue weighted by atomic mass is 16.3. The molecule has 0 rings (SSSR count). The highest BCUT2D eigenvalue weighted by Gasteiger charge is 2.07. The smallest absolute Gasteiger partial charge is 0.0459 e. The molecule has 0 fully saturated rings. The maximum absolute atomic E-state index is 9.73. The summed E-state index contributed by atoms with van der Waals surface area (Å²) in [7, 11) is 0. The van der Waals surface area contributed by atoms with E-state index < -0.39 is 0 Å². The third-order valence-electron chi connectivity index (χ3n) is 8.19. The lowest BCUT2D eigenvalue weighted by Crippen LogP contribution is -2.06. The fourth-order valence-corrected chi connectivity index (χ4v) is 5.58. The minimum atomic E-state index is 0.414. The maximum Gasteiger partial charge on any atom is 0.0459 e. The molecule has 0 aliphatic rings. The minimum Gasteiger partial charge on any atom is -0.396 e. The summed E-state index contributed by atoms with van der Waals surface area (Å²) in [4.78, 5) is 0. The number of hydrogen-bond donors (Lipinski definition) is 1. The summed E-state index contributed by atoms with van der Waals surface area (Å²) >= 11 is 0. The average Bonchev–Trinajstić information content (AvgIpc) is 2.87. The van der Waals surface area contributed by atoms with Crippen molar-refractivity contribution in [3.8, 4) is 0 Å². The first-order valence-electron chi connectivity index (χ1n) is 17.0. The van der Waals surface area contributed by atoms with Gasteiger partial charge >= 0.3 is 0 Å². The summed E-state index contributed by atoms with van der Waals surface area (Å²) in [6.45, 7) is 5.01. The van der Waals surface area contributed by atoms with Gasteiger partial charge in [-0.3, -0.25) is 0 Å². The van der Waals surface area contributed by atoms with Crippen LogP contribution in [-0.2, 0) is 0 Å². The van der Waals surface area contributed by atoms with Crippen LogP contribution in [0.4, 0.5) is 0 Å². The first-order valence-corrected chi connectivity index (χ1v) is 17.0. The van der Waals surface area contributed by atoms with Crippen LogP contribution in [-0.4, -0.2) is 11.7 Å². The molecule has 0 aliphatic carbocycles. The van der Waals surface area contributed by atoms with E-state index in [9.17, 15) is 5.11 Å². The maximum atomic E-state index is 9.73. The molecule has 0 saturated carbocycles. The Bertz CT molecular complexity index is 320. The molecule has 1 N–H and O–H groups in total. The summed E-state index contributed by atoms with van der Waals surface area (Å²) in [5.74, 6) is 0.574. The molecule has 1 heteroatoms. The Kier molecular flexibility index (Phi) is 32.0. The van der Waals surface area contributed by atoms with Crippen LogP contribution < -0.4 is 0 Å². The van der Waals surface area contributed by atoms with Crippen LogP contribution in [0.1, 0.15) is 206 Å². The van der Waals surface area contributed by atoms with E-state index in [1.807, 2.05) is 0 Å². The zero-order valence-corrected chi connectivity index (χ0v) is 24.9. The molecule has 0 spiro atoms. The van der Waals surface area contributed by atoms with Crippen molar-refractivity contribution in [3.63, 3.8) is 0 Å². The fraction of sp³-hybridized carbons (Fsp3) is 1.00. The Labute approximate surface area is 224 Å². The average molecular weight is 495 g/mol. The van der Waals surface area contributed by atoms with Gasteiger partial charge in [0, 0.05) is 6.61 Å². The van der Waals surface area contributed by atoms with Crippen LogP contribution in [0.5, 0.6) is 0 Å². The zero-order chi connectivity index (χ0) is 25.5. The lowest BCUT2D eigenvalue weighted by atomic mass is 9.94. The van der Waals surface area contributed by atoms with Gasteiger partial charge in [0.15, 0.2) is 0 Å². The predicted molar refractivity (Wildman–Crippen MR) is 160 cm³/mol. The molecular formula is C34H70O. The van der Waals surface area contributed by atoms with Crippen molar-refractivity contribution in [2.75, 3.05) is 6.61 Å². The first kappa shape index (κ1) is 35.0. The second kappa shape index (κ2) is 32.0. The van der Waals surface area contributed by atoms with Gasteiger partial charge in [-0.05, 0) is 18.8 Å². The minimum absolute atomic E-state index is 0.414. The van der Waals surface area contributed by atoms with Crippen LogP contribution in [0.25, 0.3) is 0 Å². The second-order valence-electron chi connectivity index (χ2n) is 11.8. The number of unbranched alkanes of at least 4 members (excludes halogenated alkanes) is 26. The second-order valence-corrected chi connectivity index (χ2v) is 11.8. The van der Waals surface area contributed by atoms with Gasteiger partial charge in [0.1, 0.15) is 0 Å². The SMILES string of the molecule is CCCCCCCCCCCCCCCCC(CO)CCCCCCCCCCCCCCCC. The molecule has 0 aromatic rings. The van der Waals surface area contributed by atoms with E-state index >= 15 is 0 Å². The van der Waals surface area contributed by atoms with Crippen molar-refractivity contribution in [1.82, 2.24) is 0 Å². The summed E-state index contributed by atoms with van der Waals surface area (Å²) in [6.07, 6.45) is 42.5. The Morgan fingerprint density at radius 1 is 0.314 bits per heavy atom. The topological polar surface area (TPSA) is 20.2 Å². The first-order chi connectivity index (χ1) is 17.3. The van der Waals surface area contributed by atoms with Gasteiger partial charge in [0.05, 0.1) is 0 Å². The standard InChI is InChI=1S/C34H70O/c1-3-5-7-9-11-13-15-17-19-21-23-25-27-29-31-34(33-35)32-30-28-26-24-22-20-18-16-14-12-10-8-6-4-2/h34-35H,3-33H2,1-2H3. The molecule has 35 heavy (non-hydrogen) atoms. The van der Waals surface area contributed by atoms with Gasteiger partial charge in [-0.2, -0.15) is 0 Å². The van der Waals surface area contributed by atoms with Crippen molar-refractivity contribution in [2.45, 2.75) is 206 Å². The summed E-state index contributed by atoms with van der Waals surface area (Å²) in [6, 6.07) is 0. The predicted octanol–water partition coefficient (Wildman–Crippen LogP) is 12.3. The van der Waals surface area contributed by atoms with E-state index in [-0.39, 0.29) is 0 Å². The molecule has 0 aromatic carbocycles. The van der Waals surface area contributed by atoms with E-state index in [0.29, 0.717) is 12.5 Å². The lowest BCUT2D eigenvalue weighted by molar-refractivity contribution is 0.204. The van der Waals surface area contributed by atoms with Crippen molar-refractivity contribution >= 4 is 0 Å². The monoisotopic (exact) mass is 495 g/mol. The Morgan fingerprint density at radius 3 is 0.714 bits per heavy atom. The molecule has 0 atom stereocenters. The van der Waals surface area contributed by atoms with Crippen LogP contribution in [0.3, 0.4) is 0 Å². The van der Waals surface area contributed by atoms with Crippen molar-refractivity contribution in [2.24, 2.45) is 5.92 Å². The third kappa shape index (κ3) is 30.1. The van der Waals surface area contributed by atoms with E-state index in [4.69, 9.17) is 0 Å². The van der Waals surface area contributed by atoms with Gasteiger partial charge < -0.3 is 5.11 Å². The van der Waals surface area contributed by atoms with Crippen molar-refractivity contribution < 1.29 is 5.11 Å². The summed E-state index contributed by atoms with van der Waals surface area (Å²) < 4.78 is 0. The van der Waals surface area contributed by atoms with Gasteiger partial charge in [0.25, 0.3) is 0 Å². The summed E-state index contributed by atoms with van der Waals surface area (Å²) in [5.41, 5.74) is 0. The fourth-order valence-electron chi connectivity index (χ4n) is 5.58. The molecule has 0 heterocycles. The van der Waals surface area contributed by atoms with Crippen LogP contribution in [0.2, 0.25) is 0 Å². The highest BCUT2D eigenvalue weighted by molar-refractivity contribution is 4.60. The number of aliphatic hydroxyl groups excluding tert-OH is 1. The molecule has 0 bridgehead atoms. The highest BCUT2D eigenvalue weighted by Crippen LogP contribution is 2.20. The number of hydrogen-bond acceptors (Lipinski definition) is 1. The van der Waals surface area contributed by atoms with E-state index in [2.05, 4.69) is 13.8 Å². The molecule has 0 saturated heterocycles. The molecule has 0 radical (unpaired) electrons. The Morgan fingerprint density at radius 2 is 0.514 bits per heavy atom. The van der Waals surface area contributed by atoms with Crippen molar-refractivity contribution in [3.05, 3.63) is 0 Å². The number of aliphatic hydroxyl groups is 1. The largest absolute Gasteiger partial charge is 0.396 e. The molecule has 0 aromatic heterocycles. The number of rotatable bonds is 31. The zero-order valence-electron chi connectivity index (χ0n) is 24.9. The van der Waals surface area contributed by atoms with Crippen LogP contribution in [0, 0.1) is 5.92 Å². The van der Waals surface area contributed by atoms with Crippen LogP contribution >= 0.6 is 0 Å². The van der Waals surface area contributed by atoms with E-state index in [1.165, 1.54) is 193 Å². The van der Waals surface area contributed by atoms with Gasteiger partial charge in [-0.1, -0.05) is 194 Å². The molecular weight excluding hydrogens is 424 g/mol. The third-order valence-corrected chi connectivity index (χ3v) is 8.19. The van der Waals surface area contributed by atoms with E-state index in [1.54, 1.807) is 0 Å². The lowest BCUT2D eigenvalue weighted by Gasteiger charge is -2.13. The van der Waals surface area contributed by atoms with Crippen LogP contribution in [0.15, 0.2) is 0 Å². The molecule has 0 amide bonds. The van der Waals surface area contributed by atoms with Gasteiger partial charge in [0.2, 0.25) is 0 Å². The molecule has 1 nitrogen and oxygen atoms in total. The Balaban J connectivity index is 3.25. The normalized spacial score (nSPS) is 11.7. The van der Waals surface area contributed by atoms with Crippen molar-refractivity contribution in [1.29, 1.82) is 0 Å². The summed E-state index contributed by atoms with van der Waals surface area (Å²) in [5, 5.41) is 9.73. The quantitative estimate of drug-likeness (QED) is 0.0950. The Hall–Kier alpha value is -0.0400. The molecule has 0 unspecified atom stereocenters. The molecule has 212 valence electrons. The van der Waals surface area contributed by atoms with E-state index in [0.717, 1.165) is 0 Å².